The van der Waals surface area contributed by atoms with Crippen LogP contribution in [0.5, 0.6) is 11.5 Å². The van der Waals surface area contributed by atoms with Crippen molar-refractivity contribution in [2.75, 3.05) is 11.5 Å². The van der Waals surface area contributed by atoms with Gasteiger partial charge in [-0.05, 0) is 60.9 Å². The van der Waals surface area contributed by atoms with E-state index >= 15 is 0 Å². The van der Waals surface area contributed by atoms with Crippen molar-refractivity contribution >= 4 is 39.9 Å². The second kappa shape index (κ2) is 12.4. The predicted octanol–water partition coefficient (Wildman–Crippen LogP) is 6.32. The van der Waals surface area contributed by atoms with Crippen LogP contribution >= 0.6 is 11.3 Å². The normalized spacial score (nSPS) is 18.4. The highest BCUT2D eigenvalue weighted by Gasteiger charge is 2.48. The number of anilines is 1. The third-order valence-corrected chi connectivity index (χ3v) is 8.68. The zero-order valence-corrected chi connectivity index (χ0v) is 25.5. The van der Waals surface area contributed by atoms with Crippen LogP contribution in [0.1, 0.15) is 50.6 Å². The first-order valence-corrected chi connectivity index (χ1v) is 15.2. The van der Waals surface area contributed by atoms with Crippen molar-refractivity contribution < 1.29 is 33.7 Å². The summed E-state index contributed by atoms with van der Waals surface area (Å²) >= 11 is 0.938. The molecule has 6 rings (SSSR count). The number of ether oxygens (including phenoxy) is 3. The number of hydrogen-bond donors (Lipinski definition) is 1. The SMILES string of the molecule is C=CCOC(=O)c1sc(N2C(=O)C(=O)C(=C(O)c3ccc4c(c3)C[C@H](C)O4)[C@H]2c2cccc(OCc3ccccc3)c2)nc1C. The molecule has 2 atom stereocenters. The fourth-order valence-electron chi connectivity index (χ4n) is 5.46. The van der Waals surface area contributed by atoms with E-state index in [0.717, 1.165) is 22.5 Å². The lowest BCUT2D eigenvalue weighted by molar-refractivity contribution is -0.132. The second-order valence-electron chi connectivity index (χ2n) is 10.8. The Morgan fingerprint density at radius 3 is 2.71 bits per heavy atom. The number of fused-ring (bicyclic) bond motifs is 1. The van der Waals surface area contributed by atoms with Crippen LogP contribution in [0.4, 0.5) is 5.13 Å². The molecule has 10 heteroatoms. The third-order valence-electron chi connectivity index (χ3n) is 7.55. The standard InChI is InChI=1S/C35H30N2O7S/c1-4-15-42-34(41)32-21(3)36-35(45-32)37-29(23-11-8-12-26(18-23)43-19-22-9-6-5-7-10-22)28(31(39)33(37)40)30(38)24-13-14-27-25(17-24)16-20(2)44-27/h4-14,17-18,20,29,38H,1,15-16,19H2,2-3H3/t20-,29+/m0/s1. The fourth-order valence-corrected chi connectivity index (χ4v) is 6.45. The number of amides is 1. The first-order chi connectivity index (χ1) is 21.7. The molecule has 1 N–H and O–H groups in total. The van der Waals surface area contributed by atoms with Gasteiger partial charge in [0.2, 0.25) is 0 Å². The maximum Gasteiger partial charge on any atom is 0.350 e. The number of hydrogen-bond acceptors (Lipinski definition) is 9. The van der Waals surface area contributed by atoms with E-state index in [1.807, 2.05) is 37.3 Å². The topological polar surface area (TPSA) is 115 Å². The van der Waals surface area contributed by atoms with Gasteiger partial charge in [0.15, 0.2) is 5.13 Å². The van der Waals surface area contributed by atoms with E-state index in [-0.39, 0.29) is 34.1 Å². The first-order valence-electron chi connectivity index (χ1n) is 14.4. The van der Waals surface area contributed by atoms with Crippen LogP contribution in [-0.2, 0) is 27.4 Å². The number of Topliss-reactive ketones (excluding diaryl/α,β-unsaturated/α-hetero) is 1. The van der Waals surface area contributed by atoms with Gasteiger partial charge in [-0.1, -0.05) is 66.5 Å². The van der Waals surface area contributed by atoms with Crippen LogP contribution in [0, 0.1) is 6.92 Å². The molecule has 0 bridgehead atoms. The molecule has 1 saturated heterocycles. The number of aromatic nitrogens is 1. The molecule has 0 radical (unpaired) electrons. The molecule has 1 fully saturated rings. The number of benzene rings is 3. The Hall–Kier alpha value is -5.22. The van der Waals surface area contributed by atoms with Gasteiger partial charge in [0.25, 0.3) is 5.78 Å². The molecule has 45 heavy (non-hydrogen) atoms. The molecule has 0 unspecified atom stereocenters. The molecule has 2 aliphatic heterocycles. The summed E-state index contributed by atoms with van der Waals surface area (Å²) in [5.41, 5.74) is 3.01. The summed E-state index contributed by atoms with van der Waals surface area (Å²) in [5, 5.41) is 11.8. The van der Waals surface area contributed by atoms with Crippen molar-refractivity contribution in [3.8, 4) is 11.5 Å². The minimum Gasteiger partial charge on any atom is -0.507 e. The Morgan fingerprint density at radius 1 is 1.13 bits per heavy atom. The van der Waals surface area contributed by atoms with Crippen molar-refractivity contribution in [3.63, 3.8) is 0 Å². The molecule has 2 aliphatic rings. The molecule has 1 aromatic heterocycles. The average molecular weight is 623 g/mol. The molecule has 0 saturated carbocycles. The van der Waals surface area contributed by atoms with Crippen molar-refractivity contribution in [1.82, 2.24) is 4.98 Å². The molecular weight excluding hydrogens is 592 g/mol. The lowest BCUT2D eigenvalue weighted by atomic mass is 9.94. The highest BCUT2D eigenvalue weighted by Crippen LogP contribution is 2.45. The van der Waals surface area contributed by atoms with Gasteiger partial charge < -0.3 is 19.3 Å². The van der Waals surface area contributed by atoms with Crippen LogP contribution < -0.4 is 14.4 Å². The van der Waals surface area contributed by atoms with E-state index in [1.54, 1.807) is 49.4 Å². The monoisotopic (exact) mass is 622 g/mol. The number of thiazole rings is 1. The van der Waals surface area contributed by atoms with Crippen molar-refractivity contribution in [2.45, 2.75) is 39.0 Å². The van der Waals surface area contributed by atoms with Crippen LogP contribution in [0.2, 0.25) is 0 Å². The number of aliphatic hydroxyl groups excluding tert-OH is 1. The van der Waals surface area contributed by atoms with Crippen LogP contribution in [0.25, 0.3) is 5.76 Å². The van der Waals surface area contributed by atoms with Crippen molar-refractivity contribution in [1.29, 1.82) is 0 Å². The predicted molar refractivity (Wildman–Crippen MR) is 170 cm³/mol. The summed E-state index contributed by atoms with van der Waals surface area (Å²) in [4.78, 5) is 46.1. The average Bonchev–Trinajstić information content (AvgIpc) is 3.70. The summed E-state index contributed by atoms with van der Waals surface area (Å²) in [6.07, 6.45) is 2.09. The van der Waals surface area contributed by atoms with Gasteiger partial charge >= 0.3 is 11.9 Å². The van der Waals surface area contributed by atoms with Gasteiger partial charge in [-0.3, -0.25) is 14.5 Å². The highest BCUT2D eigenvalue weighted by atomic mass is 32.1. The smallest absolute Gasteiger partial charge is 0.350 e. The van der Waals surface area contributed by atoms with Gasteiger partial charge in [-0.2, -0.15) is 0 Å². The molecule has 4 aromatic rings. The molecule has 3 heterocycles. The van der Waals surface area contributed by atoms with Gasteiger partial charge in [-0.15, -0.1) is 0 Å². The lowest BCUT2D eigenvalue weighted by Crippen LogP contribution is -2.29. The molecule has 228 valence electrons. The second-order valence-corrected chi connectivity index (χ2v) is 11.7. The van der Waals surface area contributed by atoms with Gasteiger partial charge in [0, 0.05) is 12.0 Å². The van der Waals surface area contributed by atoms with Gasteiger partial charge in [0.1, 0.15) is 41.5 Å². The minimum absolute atomic E-state index is 0.0103. The van der Waals surface area contributed by atoms with E-state index < -0.39 is 23.7 Å². The number of carbonyl (C=O) groups excluding carboxylic acids is 3. The summed E-state index contributed by atoms with van der Waals surface area (Å²) < 4.78 is 17.1. The summed E-state index contributed by atoms with van der Waals surface area (Å²) in [6, 6.07) is 20.8. The summed E-state index contributed by atoms with van der Waals surface area (Å²) in [7, 11) is 0. The molecule has 3 aromatic carbocycles. The zero-order chi connectivity index (χ0) is 31.7. The number of esters is 1. The number of carbonyl (C=O) groups is 3. The molecular formula is C35H30N2O7S. The highest BCUT2D eigenvalue weighted by molar-refractivity contribution is 7.17. The molecule has 0 aliphatic carbocycles. The lowest BCUT2D eigenvalue weighted by Gasteiger charge is -2.23. The van der Waals surface area contributed by atoms with Crippen LogP contribution in [0.15, 0.2) is 91.0 Å². The van der Waals surface area contributed by atoms with Crippen molar-refractivity contribution in [2.24, 2.45) is 0 Å². The first kappa shape index (κ1) is 29.8. The minimum atomic E-state index is -1.06. The van der Waals surface area contributed by atoms with E-state index in [4.69, 9.17) is 14.2 Å². The van der Waals surface area contributed by atoms with Gasteiger partial charge in [0.05, 0.1) is 17.3 Å². The molecule has 9 nitrogen and oxygen atoms in total. The van der Waals surface area contributed by atoms with E-state index in [9.17, 15) is 19.5 Å². The third kappa shape index (κ3) is 5.84. The number of nitrogens with zero attached hydrogens (tertiary/aromatic N) is 2. The summed E-state index contributed by atoms with van der Waals surface area (Å²) in [5.74, 6) is -1.46. The number of aliphatic hydroxyl groups is 1. The summed E-state index contributed by atoms with van der Waals surface area (Å²) in [6.45, 7) is 7.46. The maximum absolute atomic E-state index is 13.7. The zero-order valence-electron chi connectivity index (χ0n) is 24.7. The van der Waals surface area contributed by atoms with E-state index in [2.05, 4.69) is 11.6 Å². The Morgan fingerprint density at radius 2 is 1.93 bits per heavy atom. The molecule has 0 spiro atoms. The number of rotatable bonds is 9. The molecule has 1 amide bonds. The Labute approximate surface area is 264 Å². The van der Waals surface area contributed by atoms with Crippen LogP contribution in [-0.4, -0.2) is 40.5 Å². The Kier molecular flexibility index (Phi) is 8.23. The quantitative estimate of drug-likeness (QED) is 0.0758. The number of ketones is 1. The van der Waals surface area contributed by atoms with E-state index in [1.165, 1.54) is 11.0 Å². The largest absolute Gasteiger partial charge is 0.507 e. The van der Waals surface area contributed by atoms with Crippen LogP contribution in [0.3, 0.4) is 0 Å². The fraction of sp³-hybridized carbons (Fsp3) is 0.200. The number of aryl methyl sites for hydroxylation is 1. The van der Waals surface area contributed by atoms with Gasteiger partial charge in [-0.25, -0.2) is 9.78 Å². The maximum atomic E-state index is 13.7. The Balaban J connectivity index is 1.44. The Bertz CT molecular complexity index is 1850. The van der Waals surface area contributed by atoms with Crippen molar-refractivity contribution in [3.05, 3.63) is 124 Å². The van der Waals surface area contributed by atoms with E-state index in [0.29, 0.717) is 41.3 Å².